The molecule has 20 heavy (non-hydrogen) atoms. The lowest BCUT2D eigenvalue weighted by molar-refractivity contribution is 0.0723. The molecular weight excluding hydrogens is 276 g/mol. The second-order valence-corrected chi connectivity index (χ2v) is 5.72. The first-order valence-electron chi connectivity index (χ1n) is 6.57. The van der Waals surface area contributed by atoms with Crippen molar-refractivity contribution in [1.82, 2.24) is 24.9 Å². The number of hydrogen-bond donors (Lipinski definition) is 1. The summed E-state index contributed by atoms with van der Waals surface area (Å²) >= 11 is 1.56. The number of amides is 1. The fourth-order valence-electron chi connectivity index (χ4n) is 2.01. The zero-order valence-corrected chi connectivity index (χ0v) is 11.8. The van der Waals surface area contributed by atoms with Gasteiger partial charge in [-0.1, -0.05) is 5.21 Å². The number of thiazole rings is 1. The first kappa shape index (κ1) is 13.2. The number of hydrogen-bond acceptors (Lipinski definition) is 6. The first-order chi connectivity index (χ1) is 9.78. The van der Waals surface area contributed by atoms with E-state index < -0.39 is 0 Å². The number of nitrogens with two attached hydrogens (primary N) is 1. The summed E-state index contributed by atoms with van der Waals surface area (Å²) in [5.41, 5.74) is 5.84. The van der Waals surface area contributed by atoms with Gasteiger partial charge in [0.1, 0.15) is 5.01 Å². The van der Waals surface area contributed by atoms with Crippen molar-refractivity contribution in [2.24, 2.45) is 5.73 Å². The molecule has 1 amide bonds. The molecule has 7 nitrogen and oxygen atoms in total. The quantitative estimate of drug-likeness (QED) is 0.837. The average Bonchev–Trinajstić information content (AvgIpc) is 2.97. The van der Waals surface area contributed by atoms with Gasteiger partial charge in [-0.15, -0.1) is 16.4 Å². The molecular formula is C12H16N6OS. The van der Waals surface area contributed by atoms with E-state index in [4.69, 9.17) is 5.73 Å². The molecule has 0 atom stereocenters. The molecule has 8 heteroatoms. The lowest BCUT2D eigenvalue weighted by atomic mass is 10.3. The zero-order valence-electron chi connectivity index (χ0n) is 11.0. The van der Waals surface area contributed by atoms with Gasteiger partial charge in [-0.25, -0.2) is 4.98 Å². The highest BCUT2D eigenvalue weighted by molar-refractivity contribution is 7.09. The van der Waals surface area contributed by atoms with Gasteiger partial charge in [-0.05, 0) is 12.8 Å². The highest BCUT2D eigenvalue weighted by Gasteiger charge is 2.34. The number of carbonyl (C=O) groups excluding carboxylic acids is 1. The van der Waals surface area contributed by atoms with Gasteiger partial charge in [-0.3, -0.25) is 9.48 Å². The van der Waals surface area contributed by atoms with Crippen LogP contribution >= 0.6 is 11.3 Å². The molecule has 1 aliphatic rings. The van der Waals surface area contributed by atoms with Crippen molar-refractivity contribution in [1.29, 1.82) is 0 Å². The Kier molecular flexibility index (Phi) is 3.75. The molecule has 2 aromatic heterocycles. The number of aromatic nitrogens is 4. The molecule has 106 valence electrons. The molecule has 1 fully saturated rings. The van der Waals surface area contributed by atoms with E-state index in [2.05, 4.69) is 15.3 Å². The molecule has 0 spiro atoms. The predicted octanol–water partition coefficient (Wildman–Crippen LogP) is 0.498. The summed E-state index contributed by atoms with van der Waals surface area (Å²) in [7, 11) is 0. The molecule has 0 unspecified atom stereocenters. The molecule has 0 aromatic carbocycles. The zero-order chi connectivity index (χ0) is 13.9. The van der Waals surface area contributed by atoms with Crippen LogP contribution in [0.15, 0.2) is 17.8 Å². The van der Waals surface area contributed by atoms with E-state index in [9.17, 15) is 4.79 Å². The SMILES string of the molecule is NCCn1cc(C(=O)N(Cc2nccs2)C2CC2)nn1. The van der Waals surface area contributed by atoms with Crippen LogP contribution in [-0.2, 0) is 13.1 Å². The maximum atomic E-state index is 12.5. The van der Waals surface area contributed by atoms with Crippen LogP contribution in [0.3, 0.4) is 0 Å². The highest BCUT2D eigenvalue weighted by Crippen LogP contribution is 2.29. The van der Waals surface area contributed by atoms with E-state index in [1.54, 1.807) is 28.4 Å². The van der Waals surface area contributed by atoms with E-state index in [-0.39, 0.29) is 5.91 Å². The van der Waals surface area contributed by atoms with E-state index >= 15 is 0 Å². The summed E-state index contributed by atoms with van der Waals surface area (Å²) in [6.45, 7) is 1.59. The Morgan fingerprint density at radius 2 is 2.40 bits per heavy atom. The van der Waals surface area contributed by atoms with E-state index in [1.807, 2.05) is 10.3 Å². The molecule has 1 aliphatic carbocycles. The highest BCUT2D eigenvalue weighted by atomic mass is 32.1. The molecule has 0 saturated heterocycles. The Morgan fingerprint density at radius 3 is 3.05 bits per heavy atom. The second-order valence-electron chi connectivity index (χ2n) is 4.75. The van der Waals surface area contributed by atoms with E-state index in [0.717, 1.165) is 17.8 Å². The van der Waals surface area contributed by atoms with Crippen LogP contribution in [0.4, 0.5) is 0 Å². The lowest BCUT2D eigenvalue weighted by Crippen LogP contribution is -2.32. The summed E-state index contributed by atoms with van der Waals surface area (Å²) in [6.07, 6.45) is 5.52. The van der Waals surface area contributed by atoms with Crippen molar-refractivity contribution in [2.45, 2.75) is 32.0 Å². The Labute approximate surface area is 120 Å². The van der Waals surface area contributed by atoms with Crippen LogP contribution in [0.5, 0.6) is 0 Å². The summed E-state index contributed by atoms with van der Waals surface area (Å²) in [5.74, 6) is -0.0778. The van der Waals surface area contributed by atoms with Crippen LogP contribution in [0, 0.1) is 0 Å². The second kappa shape index (κ2) is 5.68. The van der Waals surface area contributed by atoms with Crippen molar-refractivity contribution >= 4 is 17.2 Å². The van der Waals surface area contributed by atoms with Gasteiger partial charge in [0, 0.05) is 24.2 Å². The molecule has 1 saturated carbocycles. The molecule has 0 aliphatic heterocycles. The van der Waals surface area contributed by atoms with Gasteiger partial charge in [0.15, 0.2) is 5.69 Å². The van der Waals surface area contributed by atoms with Crippen LogP contribution < -0.4 is 5.73 Å². The third-order valence-corrected chi connectivity index (χ3v) is 3.92. The maximum Gasteiger partial charge on any atom is 0.276 e. The summed E-state index contributed by atoms with van der Waals surface area (Å²) < 4.78 is 1.60. The van der Waals surface area contributed by atoms with Crippen molar-refractivity contribution < 1.29 is 4.79 Å². The number of carbonyl (C=O) groups is 1. The predicted molar refractivity (Wildman–Crippen MR) is 74.1 cm³/mol. The van der Waals surface area contributed by atoms with Crippen molar-refractivity contribution in [3.63, 3.8) is 0 Å². The first-order valence-corrected chi connectivity index (χ1v) is 7.45. The third kappa shape index (κ3) is 2.86. The maximum absolute atomic E-state index is 12.5. The fourth-order valence-corrected chi connectivity index (χ4v) is 2.63. The smallest absolute Gasteiger partial charge is 0.276 e. The Morgan fingerprint density at radius 1 is 1.55 bits per heavy atom. The molecule has 2 aromatic rings. The molecule has 0 bridgehead atoms. The van der Waals surface area contributed by atoms with Crippen molar-refractivity contribution in [3.8, 4) is 0 Å². The van der Waals surface area contributed by atoms with Crippen LogP contribution in [0.2, 0.25) is 0 Å². The van der Waals surface area contributed by atoms with Crippen LogP contribution in [-0.4, -0.2) is 43.4 Å². The van der Waals surface area contributed by atoms with Gasteiger partial charge in [0.25, 0.3) is 5.91 Å². The molecule has 3 rings (SSSR count). The molecule has 2 heterocycles. The monoisotopic (exact) mass is 292 g/mol. The number of nitrogens with zero attached hydrogens (tertiary/aromatic N) is 5. The van der Waals surface area contributed by atoms with E-state index in [0.29, 0.717) is 31.4 Å². The standard InChI is InChI=1S/C12H16N6OS/c13-3-5-17-7-10(15-16-17)12(19)18(9-1-2-9)8-11-14-4-6-20-11/h4,6-7,9H,1-3,5,8,13H2. The minimum absolute atomic E-state index is 0.0778. The fraction of sp³-hybridized carbons (Fsp3) is 0.500. The van der Waals surface area contributed by atoms with Gasteiger partial charge in [0.05, 0.1) is 19.3 Å². The minimum atomic E-state index is -0.0778. The number of rotatable bonds is 6. The summed E-state index contributed by atoms with van der Waals surface area (Å²) in [4.78, 5) is 18.6. The summed E-state index contributed by atoms with van der Waals surface area (Å²) in [6, 6.07) is 0.311. The van der Waals surface area contributed by atoms with Gasteiger partial charge in [-0.2, -0.15) is 0 Å². The Hall–Kier alpha value is -1.80. The van der Waals surface area contributed by atoms with Gasteiger partial charge < -0.3 is 10.6 Å². The topological polar surface area (TPSA) is 89.9 Å². The summed E-state index contributed by atoms with van der Waals surface area (Å²) in [5, 5.41) is 10.7. The van der Waals surface area contributed by atoms with Crippen LogP contribution in [0.1, 0.15) is 28.3 Å². The van der Waals surface area contributed by atoms with E-state index in [1.165, 1.54) is 0 Å². The van der Waals surface area contributed by atoms with Gasteiger partial charge >= 0.3 is 0 Å². The van der Waals surface area contributed by atoms with Crippen molar-refractivity contribution in [3.05, 3.63) is 28.5 Å². The van der Waals surface area contributed by atoms with Crippen molar-refractivity contribution in [2.75, 3.05) is 6.54 Å². The minimum Gasteiger partial charge on any atom is -0.329 e. The normalized spacial score (nSPS) is 14.4. The Bertz CT molecular complexity index is 577. The molecule has 2 N–H and O–H groups in total. The lowest BCUT2D eigenvalue weighted by Gasteiger charge is -2.19. The van der Waals surface area contributed by atoms with Crippen LogP contribution in [0.25, 0.3) is 0 Å². The Balaban J connectivity index is 1.74. The third-order valence-electron chi connectivity index (χ3n) is 3.15. The average molecular weight is 292 g/mol. The van der Waals surface area contributed by atoms with Gasteiger partial charge in [0.2, 0.25) is 0 Å². The largest absolute Gasteiger partial charge is 0.329 e. The molecule has 0 radical (unpaired) electrons.